The Hall–Kier alpha value is -1.49. The molecule has 2 aromatic rings. The van der Waals surface area contributed by atoms with Gasteiger partial charge in [0.05, 0.1) is 5.52 Å². The average molecular weight is 259 g/mol. The van der Waals surface area contributed by atoms with Gasteiger partial charge in [-0.05, 0) is 37.5 Å². The van der Waals surface area contributed by atoms with E-state index in [1.165, 1.54) is 5.56 Å². The molecule has 1 aromatic heterocycles. The van der Waals surface area contributed by atoms with E-state index in [0.717, 1.165) is 37.0 Å². The third-order valence-corrected chi connectivity index (χ3v) is 3.24. The van der Waals surface area contributed by atoms with Gasteiger partial charge in [0.15, 0.2) is 0 Å². The summed E-state index contributed by atoms with van der Waals surface area (Å²) in [4.78, 5) is 4.37. The van der Waals surface area contributed by atoms with Crippen LogP contribution in [0.25, 0.3) is 10.9 Å². The summed E-state index contributed by atoms with van der Waals surface area (Å²) >= 11 is 0. The van der Waals surface area contributed by atoms with Gasteiger partial charge in [0.2, 0.25) is 0 Å². The van der Waals surface area contributed by atoms with E-state index in [4.69, 9.17) is 10.6 Å². The second-order valence-electron chi connectivity index (χ2n) is 4.48. The van der Waals surface area contributed by atoms with Crippen LogP contribution in [0.15, 0.2) is 36.5 Å². The lowest BCUT2D eigenvalue weighted by Gasteiger charge is -2.18. The van der Waals surface area contributed by atoms with Crippen LogP contribution in [0.3, 0.4) is 0 Å². The van der Waals surface area contributed by atoms with Crippen molar-refractivity contribution in [2.24, 2.45) is 5.84 Å². The average Bonchev–Trinajstić information content (AvgIpc) is 2.47. The minimum absolute atomic E-state index is 0.133. The smallest absolute Gasteiger partial charge is 0.0705 e. The van der Waals surface area contributed by atoms with Crippen molar-refractivity contribution in [1.29, 1.82) is 0 Å². The Labute approximate surface area is 113 Å². The molecule has 0 aliphatic rings. The van der Waals surface area contributed by atoms with Gasteiger partial charge in [-0.1, -0.05) is 18.2 Å². The molecular weight excluding hydrogens is 238 g/mol. The maximum absolute atomic E-state index is 5.70. The predicted molar refractivity (Wildman–Crippen MR) is 77.5 cm³/mol. The van der Waals surface area contributed by atoms with Crippen LogP contribution < -0.4 is 11.3 Å². The fraction of sp³-hybridized carbons (Fsp3) is 0.400. The summed E-state index contributed by atoms with van der Waals surface area (Å²) in [6.07, 6.45) is 3.75. The number of fused-ring (bicyclic) bond motifs is 1. The lowest BCUT2D eigenvalue weighted by atomic mass is 9.98. The van der Waals surface area contributed by atoms with Crippen molar-refractivity contribution in [3.63, 3.8) is 0 Å². The molecule has 0 saturated heterocycles. The summed E-state index contributed by atoms with van der Waals surface area (Å²) in [5.41, 5.74) is 5.11. The van der Waals surface area contributed by atoms with Gasteiger partial charge >= 0.3 is 0 Å². The van der Waals surface area contributed by atoms with Crippen LogP contribution in [-0.4, -0.2) is 18.2 Å². The molecule has 0 spiro atoms. The van der Waals surface area contributed by atoms with Crippen molar-refractivity contribution in [2.75, 3.05) is 13.2 Å². The molecular formula is C15H21N3O. The lowest BCUT2D eigenvalue weighted by Crippen LogP contribution is -2.28. The molecule has 0 saturated carbocycles. The summed E-state index contributed by atoms with van der Waals surface area (Å²) in [5.74, 6) is 5.70. The maximum Gasteiger partial charge on any atom is 0.0705 e. The van der Waals surface area contributed by atoms with E-state index < -0.39 is 0 Å². The SMILES string of the molecule is CCOCCCC(NN)c1cccc2ncccc12. The second kappa shape index (κ2) is 7.19. The van der Waals surface area contributed by atoms with Crippen molar-refractivity contribution < 1.29 is 4.74 Å². The van der Waals surface area contributed by atoms with Gasteiger partial charge < -0.3 is 4.74 Å². The first-order valence-electron chi connectivity index (χ1n) is 6.74. The third-order valence-electron chi connectivity index (χ3n) is 3.24. The van der Waals surface area contributed by atoms with Crippen LogP contribution in [0.5, 0.6) is 0 Å². The summed E-state index contributed by atoms with van der Waals surface area (Å²) < 4.78 is 5.37. The van der Waals surface area contributed by atoms with E-state index in [9.17, 15) is 0 Å². The van der Waals surface area contributed by atoms with Gasteiger partial charge in [-0.2, -0.15) is 0 Å². The number of rotatable bonds is 7. The Morgan fingerprint density at radius 1 is 1.32 bits per heavy atom. The Morgan fingerprint density at radius 2 is 2.21 bits per heavy atom. The van der Waals surface area contributed by atoms with Crippen molar-refractivity contribution in [3.8, 4) is 0 Å². The Balaban J connectivity index is 2.16. The summed E-state index contributed by atoms with van der Waals surface area (Å²) in [7, 11) is 0. The highest BCUT2D eigenvalue weighted by Gasteiger charge is 2.12. The molecule has 102 valence electrons. The highest BCUT2D eigenvalue weighted by Crippen LogP contribution is 2.25. The fourth-order valence-electron chi connectivity index (χ4n) is 2.29. The molecule has 1 unspecified atom stereocenters. The summed E-state index contributed by atoms with van der Waals surface area (Å²) in [6.45, 7) is 3.55. The molecule has 1 heterocycles. The van der Waals surface area contributed by atoms with E-state index in [1.54, 1.807) is 0 Å². The molecule has 19 heavy (non-hydrogen) atoms. The lowest BCUT2D eigenvalue weighted by molar-refractivity contribution is 0.141. The number of nitrogens with zero attached hydrogens (tertiary/aromatic N) is 1. The molecule has 0 fully saturated rings. The first-order valence-corrected chi connectivity index (χ1v) is 6.74. The van der Waals surface area contributed by atoms with Crippen molar-refractivity contribution in [1.82, 2.24) is 10.4 Å². The zero-order valence-electron chi connectivity index (χ0n) is 11.3. The van der Waals surface area contributed by atoms with Crippen LogP contribution in [0.1, 0.15) is 31.4 Å². The van der Waals surface area contributed by atoms with E-state index in [1.807, 2.05) is 31.3 Å². The minimum Gasteiger partial charge on any atom is -0.382 e. The Morgan fingerprint density at radius 3 is 3.00 bits per heavy atom. The molecule has 4 nitrogen and oxygen atoms in total. The van der Waals surface area contributed by atoms with Crippen LogP contribution in [0.4, 0.5) is 0 Å². The van der Waals surface area contributed by atoms with Crippen LogP contribution in [0, 0.1) is 0 Å². The first-order chi connectivity index (χ1) is 9.36. The molecule has 2 rings (SSSR count). The molecule has 0 bridgehead atoms. The van der Waals surface area contributed by atoms with Gasteiger partial charge in [0, 0.05) is 30.8 Å². The largest absolute Gasteiger partial charge is 0.382 e. The molecule has 0 radical (unpaired) electrons. The number of hydrogen-bond acceptors (Lipinski definition) is 4. The van der Waals surface area contributed by atoms with E-state index >= 15 is 0 Å². The molecule has 0 aliphatic heterocycles. The highest BCUT2D eigenvalue weighted by atomic mass is 16.5. The topological polar surface area (TPSA) is 60.2 Å². The van der Waals surface area contributed by atoms with Crippen molar-refractivity contribution in [2.45, 2.75) is 25.8 Å². The summed E-state index contributed by atoms with van der Waals surface area (Å²) in [6, 6.07) is 10.3. The van der Waals surface area contributed by atoms with Crippen LogP contribution in [-0.2, 0) is 4.74 Å². The molecule has 1 atom stereocenters. The van der Waals surface area contributed by atoms with Gasteiger partial charge in [0.25, 0.3) is 0 Å². The maximum atomic E-state index is 5.70. The Kier molecular flexibility index (Phi) is 5.27. The fourth-order valence-corrected chi connectivity index (χ4v) is 2.29. The van der Waals surface area contributed by atoms with Gasteiger partial charge in [0.1, 0.15) is 0 Å². The Bertz CT molecular complexity index is 510. The molecule has 4 heteroatoms. The van der Waals surface area contributed by atoms with Gasteiger partial charge in [-0.15, -0.1) is 0 Å². The van der Waals surface area contributed by atoms with Crippen molar-refractivity contribution in [3.05, 3.63) is 42.1 Å². The number of nitrogens with one attached hydrogen (secondary N) is 1. The number of hydrazine groups is 1. The van der Waals surface area contributed by atoms with Gasteiger partial charge in [-0.3, -0.25) is 16.3 Å². The molecule has 0 amide bonds. The van der Waals surface area contributed by atoms with Gasteiger partial charge in [-0.25, -0.2) is 0 Å². The monoisotopic (exact) mass is 259 g/mol. The quantitative estimate of drug-likeness (QED) is 0.456. The normalized spacial score (nSPS) is 12.7. The molecule has 0 aliphatic carbocycles. The highest BCUT2D eigenvalue weighted by molar-refractivity contribution is 5.82. The number of benzene rings is 1. The number of pyridine rings is 1. The van der Waals surface area contributed by atoms with E-state index in [-0.39, 0.29) is 6.04 Å². The predicted octanol–water partition coefficient (Wildman–Crippen LogP) is 2.56. The standard InChI is InChI=1S/C15H21N3O/c1-2-19-11-5-9-15(18-16)13-6-3-8-14-12(13)7-4-10-17-14/h3-4,6-8,10,15,18H,2,5,9,11,16H2,1H3. The van der Waals surface area contributed by atoms with Crippen LogP contribution >= 0.6 is 0 Å². The molecule has 3 N–H and O–H groups in total. The second-order valence-corrected chi connectivity index (χ2v) is 4.48. The number of hydrogen-bond donors (Lipinski definition) is 2. The van der Waals surface area contributed by atoms with E-state index in [2.05, 4.69) is 22.5 Å². The minimum atomic E-state index is 0.133. The molecule has 1 aromatic carbocycles. The first kappa shape index (κ1) is 13.9. The number of nitrogens with two attached hydrogens (primary N) is 1. The zero-order chi connectivity index (χ0) is 13.5. The number of aromatic nitrogens is 1. The van der Waals surface area contributed by atoms with E-state index in [0.29, 0.717) is 0 Å². The third kappa shape index (κ3) is 3.50. The number of ether oxygens (including phenoxy) is 1. The summed E-state index contributed by atoms with van der Waals surface area (Å²) in [5, 5.41) is 1.16. The van der Waals surface area contributed by atoms with Crippen LogP contribution in [0.2, 0.25) is 0 Å². The van der Waals surface area contributed by atoms with Crippen molar-refractivity contribution >= 4 is 10.9 Å². The zero-order valence-corrected chi connectivity index (χ0v) is 11.3.